The number of carbonyl (C=O) groups excluding carboxylic acids is 2. The predicted octanol–water partition coefficient (Wildman–Crippen LogP) is 1.24. The molecule has 0 saturated carbocycles. The summed E-state index contributed by atoms with van der Waals surface area (Å²) in [7, 11) is 1.30. The fourth-order valence-electron chi connectivity index (χ4n) is 1.42. The highest BCUT2D eigenvalue weighted by molar-refractivity contribution is 5.94. The molecule has 1 aromatic rings. The molecular formula is C13H14N2O3. The van der Waals surface area contributed by atoms with E-state index in [-0.39, 0.29) is 24.3 Å². The van der Waals surface area contributed by atoms with E-state index in [0.29, 0.717) is 11.1 Å². The van der Waals surface area contributed by atoms with Gasteiger partial charge < -0.3 is 10.1 Å². The molecule has 0 fully saturated rings. The molecule has 18 heavy (non-hydrogen) atoms. The number of hydrogen-bond acceptors (Lipinski definition) is 4. The summed E-state index contributed by atoms with van der Waals surface area (Å²) >= 11 is 0. The monoisotopic (exact) mass is 246 g/mol. The molecule has 94 valence electrons. The zero-order valence-corrected chi connectivity index (χ0v) is 10.3. The number of nitriles is 1. The van der Waals surface area contributed by atoms with Gasteiger partial charge in [0, 0.05) is 11.6 Å². The lowest BCUT2D eigenvalue weighted by atomic mass is 10.1. The minimum absolute atomic E-state index is 0.111. The lowest BCUT2D eigenvalue weighted by Gasteiger charge is -2.12. The van der Waals surface area contributed by atoms with Crippen LogP contribution in [0.15, 0.2) is 24.3 Å². The van der Waals surface area contributed by atoms with Crippen LogP contribution in [0.1, 0.15) is 29.3 Å². The van der Waals surface area contributed by atoms with E-state index in [0.717, 1.165) is 0 Å². The third-order valence-electron chi connectivity index (χ3n) is 2.33. The molecule has 0 aliphatic heterocycles. The van der Waals surface area contributed by atoms with Crippen LogP contribution in [-0.4, -0.2) is 25.0 Å². The second-order valence-electron chi connectivity index (χ2n) is 3.85. The van der Waals surface area contributed by atoms with Gasteiger partial charge in [0.15, 0.2) is 0 Å². The molecule has 0 saturated heterocycles. The lowest BCUT2D eigenvalue weighted by molar-refractivity contribution is -0.141. The van der Waals surface area contributed by atoms with Crippen molar-refractivity contribution in [1.82, 2.24) is 5.32 Å². The van der Waals surface area contributed by atoms with Crippen molar-refractivity contribution in [3.8, 4) is 6.07 Å². The molecule has 0 heterocycles. The molecule has 0 aromatic heterocycles. The van der Waals surface area contributed by atoms with Gasteiger partial charge in [0.05, 0.1) is 25.2 Å². The highest BCUT2D eigenvalue weighted by atomic mass is 16.5. The number of hydrogen-bond donors (Lipinski definition) is 1. The number of ether oxygens (including phenoxy) is 1. The molecule has 1 rings (SSSR count). The minimum Gasteiger partial charge on any atom is -0.469 e. The van der Waals surface area contributed by atoms with E-state index in [9.17, 15) is 9.59 Å². The Morgan fingerprint density at radius 2 is 2.22 bits per heavy atom. The SMILES string of the molecule is COC(=O)CC(C)NC(=O)c1cccc(C#N)c1. The molecular weight excluding hydrogens is 232 g/mol. The third-order valence-corrected chi connectivity index (χ3v) is 2.33. The molecule has 0 aliphatic rings. The topological polar surface area (TPSA) is 79.2 Å². The molecule has 1 atom stereocenters. The summed E-state index contributed by atoms with van der Waals surface area (Å²) in [4.78, 5) is 22.8. The fraction of sp³-hybridized carbons (Fsp3) is 0.308. The maximum Gasteiger partial charge on any atom is 0.307 e. The first kappa shape index (κ1) is 13.7. The summed E-state index contributed by atoms with van der Waals surface area (Å²) in [5.41, 5.74) is 0.814. The van der Waals surface area contributed by atoms with Crippen molar-refractivity contribution in [1.29, 1.82) is 5.26 Å². The number of nitrogens with zero attached hydrogens (tertiary/aromatic N) is 1. The van der Waals surface area contributed by atoms with Crippen LogP contribution in [0.2, 0.25) is 0 Å². The number of esters is 1. The summed E-state index contributed by atoms with van der Waals surface area (Å²) in [5, 5.41) is 11.4. The van der Waals surface area contributed by atoms with Gasteiger partial charge in [-0.15, -0.1) is 0 Å². The quantitative estimate of drug-likeness (QED) is 0.810. The van der Waals surface area contributed by atoms with Crippen molar-refractivity contribution in [2.24, 2.45) is 0 Å². The van der Waals surface area contributed by atoms with E-state index in [4.69, 9.17) is 5.26 Å². The van der Waals surface area contributed by atoms with Crippen molar-refractivity contribution >= 4 is 11.9 Å². The smallest absolute Gasteiger partial charge is 0.307 e. The van der Waals surface area contributed by atoms with E-state index in [1.165, 1.54) is 13.2 Å². The largest absolute Gasteiger partial charge is 0.469 e. The van der Waals surface area contributed by atoms with Crippen molar-refractivity contribution in [2.75, 3.05) is 7.11 Å². The zero-order valence-electron chi connectivity index (χ0n) is 10.3. The van der Waals surface area contributed by atoms with Crippen LogP contribution in [0, 0.1) is 11.3 Å². The van der Waals surface area contributed by atoms with Gasteiger partial charge in [-0.05, 0) is 25.1 Å². The average Bonchev–Trinajstić information content (AvgIpc) is 2.38. The number of nitrogens with one attached hydrogen (secondary N) is 1. The predicted molar refractivity (Wildman–Crippen MR) is 64.7 cm³/mol. The Labute approximate surface area is 105 Å². The normalized spacial score (nSPS) is 11.2. The summed E-state index contributed by atoms with van der Waals surface area (Å²) < 4.78 is 4.51. The summed E-state index contributed by atoms with van der Waals surface area (Å²) in [6, 6.07) is 8.01. The van der Waals surface area contributed by atoms with Crippen LogP contribution >= 0.6 is 0 Å². The lowest BCUT2D eigenvalue weighted by Crippen LogP contribution is -2.34. The number of methoxy groups -OCH3 is 1. The van der Waals surface area contributed by atoms with Crippen LogP contribution in [-0.2, 0) is 9.53 Å². The molecule has 0 bridgehead atoms. The molecule has 0 aliphatic carbocycles. The van der Waals surface area contributed by atoms with E-state index in [1.54, 1.807) is 25.1 Å². The van der Waals surface area contributed by atoms with Crippen molar-refractivity contribution in [3.05, 3.63) is 35.4 Å². The highest BCUT2D eigenvalue weighted by Gasteiger charge is 2.13. The van der Waals surface area contributed by atoms with Gasteiger partial charge in [0.25, 0.3) is 5.91 Å². The number of rotatable bonds is 4. The van der Waals surface area contributed by atoms with Gasteiger partial charge in [-0.3, -0.25) is 9.59 Å². The number of amides is 1. The Balaban J connectivity index is 2.65. The van der Waals surface area contributed by atoms with E-state index in [2.05, 4.69) is 10.1 Å². The maximum absolute atomic E-state index is 11.8. The van der Waals surface area contributed by atoms with Crippen LogP contribution < -0.4 is 5.32 Å². The minimum atomic E-state index is -0.381. The zero-order chi connectivity index (χ0) is 13.5. The van der Waals surface area contributed by atoms with Gasteiger partial charge in [-0.1, -0.05) is 6.07 Å². The first-order valence-corrected chi connectivity index (χ1v) is 5.44. The summed E-state index contributed by atoms with van der Waals surface area (Å²) in [6.07, 6.45) is 0.111. The first-order valence-electron chi connectivity index (χ1n) is 5.44. The molecule has 1 unspecified atom stereocenters. The van der Waals surface area contributed by atoms with Gasteiger partial charge in [-0.25, -0.2) is 0 Å². The van der Waals surface area contributed by atoms with Crippen LogP contribution in [0.5, 0.6) is 0 Å². The van der Waals surface area contributed by atoms with E-state index >= 15 is 0 Å². The highest BCUT2D eigenvalue weighted by Crippen LogP contribution is 2.05. The molecule has 1 aromatic carbocycles. The van der Waals surface area contributed by atoms with Gasteiger partial charge in [0.1, 0.15) is 0 Å². The summed E-state index contributed by atoms with van der Waals surface area (Å²) in [6.45, 7) is 1.71. The molecule has 5 heteroatoms. The Hall–Kier alpha value is -2.35. The Bertz CT molecular complexity index is 491. The van der Waals surface area contributed by atoms with Crippen molar-refractivity contribution in [2.45, 2.75) is 19.4 Å². The Morgan fingerprint density at radius 1 is 1.50 bits per heavy atom. The van der Waals surface area contributed by atoms with Crippen molar-refractivity contribution in [3.63, 3.8) is 0 Å². The van der Waals surface area contributed by atoms with Gasteiger partial charge >= 0.3 is 5.97 Å². The van der Waals surface area contributed by atoms with Gasteiger partial charge in [-0.2, -0.15) is 5.26 Å². The molecule has 5 nitrogen and oxygen atoms in total. The third kappa shape index (κ3) is 3.91. The standard InChI is InChI=1S/C13H14N2O3/c1-9(6-12(16)18-2)15-13(17)11-5-3-4-10(7-11)8-14/h3-5,7,9H,6H2,1-2H3,(H,15,17). The molecule has 1 N–H and O–H groups in total. The van der Waals surface area contributed by atoms with E-state index < -0.39 is 0 Å². The molecule has 0 radical (unpaired) electrons. The van der Waals surface area contributed by atoms with Crippen LogP contribution in [0.25, 0.3) is 0 Å². The fourth-order valence-corrected chi connectivity index (χ4v) is 1.42. The van der Waals surface area contributed by atoms with Crippen molar-refractivity contribution < 1.29 is 14.3 Å². The Morgan fingerprint density at radius 3 is 2.83 bits per heavy atom. The number of benzene rings is 1. The average molecular weight is 246 g/mol. The summed E-state index contributed by atoms with van der Waals surface area (Å²) in [5.74, 6) is -0.697. The molecule has 1 amide bonds. The Kier molecular flexibility index (Phi) is 4.88. The number of carbonyl (C=O) groups is 2. The second kappa shape index (κ2) is 6.40. The maximum atomic E-state index is 11.8. The van der Waals surface area contributed by atoms with Crippen LogP contribution in [0.3, 0.4) is 0 Å². The van der Waals surface area contributed by atoms with Gasteiger partial charge in [0.2, 0.25) is 0 Å². The molecule has 0 spiro atoms. The first-order chi connectivity index (χ1) is 8.56. The van der Waals surface area contributed by atoms with E-state index in [1.807, 2.05) is 6.07 Å². The second-order valence-corrected chi connectivity index (χ2v) is 3.85. The van der Waals surface area contributed by atoms with Crippen LogP contribution in [0.4, 0.5) is 0 Å².